The standard InChI is InChI=1S/C8H10N2S/c9-11-8-5-3-1-2-4-6-10-7-8/h1-7,10H,9H2. The van der Waals surface area contributed by atoms with E-state index < -0.39 is 0 Å². The molecular weight excluding hydrogens is 156 g/mol. The fourth-order valence-electron chi connectivity index (χ4n) is 0.641. The van der Waals surface area contributed by atoms with Gasteiger partial charge in [0, 0.05) is 17.3 Å². The van der Waals surface area contributed by atoms with E-state index in [1.54, 1.807) is 0 Å². The summed E-state index contributed by atoms with van der Waals surface area (Å²) in [5.74, 6) is 0. The molecule has 58 valence electrons. The number of aromatic amines is 1. The van der Waals surface area contributed by atoms with Crippen molar-refractivity contribution in [3.05, 3.63) is 42.7 Å². The molecule has 3 heteroatoms. The molecule has 2 nitrogen and oxygen atoms in total. The van der Waals surface area contributed by atoms with Gasteiger partial charge in [-0.1, -0.05) is 18.2 Å². The Hall–Kier alpha value is -0.930. The maximum Gasteiger partial charge on any atom is 0.0385 e. The van der Waals surface area contributed by atoms with Crippen LogP contribution in [0.2, 0.25) is 0 Å². The number of rotatable bonds is 1. The summed E-state index contributed by atoms with van der Waals surface area (Å²) < 4.78 is 0. The number of H-pyrrole nitrogens is 1. The Morgan fingerprint density at radius 3 is 2.82 bits per heavy atom. The molecule has 3 N–H and O–H groups in total. The second kappa shape index (κ2) is 4.82. The Balaban J connectivity index is 3.07. The number of hydrogen-bond acceptors (Lipinski definition) is 2. The second-order valence-electron chi connectivity index (χ2n) is 1.93. The summed E-state index contributed by atoms with van der Waals surface area (Å²) in [6.07, 6.45) is 3.70. The molecule has 0 aliphatic heterocycles. The van der Waals surface area contributed by atoms with Crippen LogP contribution < -0.4 is 5.14 Å². The van der Waals surface area contributed by atoms with Crippen LogP contribution in [-0.4, -0.2) is 4.98 Å². The van der Waals surface area contributed by atoms with E-state index in [0.29, 0.717) is 0 Å². The Bertz CT molecular complexity index is 232. The molecule has 0 aliphatic carbocycles. The zero-order valence-corrected chi connectivity index (χ0v) is 6.84. The Kier molecular flexibility index (Phi) is 3.58. The third-order valence-electron chi connectivity index (χ3n) is 1.15. The molecular formula is C8H10N2S. The van der Waals surface area contributed by atoms with Gasteiger partial charge in [-0.15, -0.1) is 0 Å². The van der Waals surface area contributed by atoms with E-state index in [-0.39, 0.29) is 0 Å². The number of aromatic nitrogens is 1. The highest BCUT2D eigenvalue weighted by Gasteiger charge is 1.79. The van der Waals surface area contributed by atoms with Crippen molar-refractivity contribution in [3.63, 3.8) is 0 Å². The molecule has 0 atom stereocenters. The highest BCUT2D eigenvalue weighted by atomic mass is 32.2. The van der Waals surface area contributed by atoms with Gasteiger partial charge in [0.15, 0.2) is 0 Å². The highest BCUT2D eigenvalue weighted by Crippen LogP contribution is 2.05. The van der Waals surface area contributed by atoms with Gasteiger partial charge in [-0.25, -0.2) is 0 Å². The van der Waals surface area contributed by atoms with Gasteiger partial charge in [-0.2, -0.15) is 0 Å². The maximum atomic E-state index is 5.38. The minimum Gasteiger partial charge on any atom is -0.367 e. The van der Waals surface area contributed by atoms with Gasteiger partial charge in [-0.05, 0) is 24.1 Å². The van der Waals surface area contributed by atoms with Crippen molar-refractivity contribution < 1.29 is 0 Å². The van der Waals surface area contributed by atoms with Gasteiger partial charge in [-0.3, -0.25) is 5.14 Å². The molecule has 0 amide bonds. The lowest BCUT2D eigenvalue weighted by molar-refractivity contribution is 1.28. The van der Waals surface area contributed by atoms with Crippen molar-refractivity contribution in [1.29, 1.82) is 0 Å². The van der Waals surface area contributed by atoms with E-state index in [1.165, 1.54) is 11.9 Å². The molecule has 0 saturated heterocycles. The van der Waals surface area contributed by atoms with Gasteiger partial charge in [0.1, 0.15) is 0 Å². The normalized spacial score (nSPS) is 8.82. The summed E-state index contributed by atoms with van der Waals surface area (Å²) in [6.45, 7) is 0. The average Bonchev–Trinajstić information content (AvgIpc) is 2.16. The minimum absolute atomic E-state index is 1.00. The van der Waals surface area contributed by atoms with E-state index in [2.05, 4.69) is 4.98 Å². The van der Waals surface area contributed by atoms with Crippen LogP contribution in [0, 0.1) is 0 Å². The van der Waals surface area contributed by atoms with Crippen LogP contribution >= 0.6 is 11.9 Å². The zero-order chi connectivity index (χ0) is 7.94. The highest BCUT2D eigenvalue weighted by molar-refractivity contribution is 7.97. The lowest BCUT2D eigenvalue weighted by Gasteiger charge is -1.85. The fourth-order valence-corrected chi connectivity index (χ4v) is 0.935. The van der Waals surface area contributed by atoms with Crippen LogP contribution in [0.4, 0.5) is 0 Å². The predicted molar refractivity (Wildman–Crippen MR) is 48.5 cm³/mol. The smallest absolute Gasteiger partial charge is 0.0385 e. The van der Waals surface area contributed by atoms with Gasteiger partial charge < -0.3 is 4.98 Å². The number of nitrogens with two attached hydrogens (primary N) is 1. The summed E-state index contributed by atoms with van der Waals surface area (Å²) in [6, 6.07) is 9.71. The quantitative estimate of drug-likeness (QED) is 0.627. The molecule has 0 radical (unpaired) electrons. The second-order valence-corrected chi connectivity index (χ2v) is 2.64. The molecule has 1 aromatic rings. The van der Waals surface area contributed by atoms with E-state index in [9.17, 15) is 0 Å². The van der Waals surface area contributed by atoms with Crippen LogP contribution in [-0.2, 0) is 0 Å². The summed E-state index contributed by atoms with van der Waals surface area (Å²) in [5.41, 5.74) is 0. The van der Waals surface area contributed by atoms with Gasteiger partial charge in [0.25, 0.3) is 0 Å². The summed E-state index contributed by atoms with van der Waals surface area (Å²) in [7, 11) is 0. The molecule has 1 aromatic heterocycles. The first kappa shape index (κ1) is 8.17. The third kappa shape index (κ3) is 3.11. The van der Waals surface area contributed by atoms with Crippen LogP contribution in [0.1, 0.15) is 0 Å². The van der Waals surface area contributed by atoms with Crippen molar-refractivity contribution in [3.8, 4) is 0 Å². The molecule has 0 saturated carbocycles. The largest absolute Gasteiger partial charge is 0.367 e. The predicted octanol–water partition coefficient (Wildman–Crippen LogP) is 2.10. The number of nitrogens with one attached hydrogen (secondary N) is 1. The SMILES string of the molecule is NSc1cccccc[nH]c1. The molecule has 0 fully saturated rings. The maximum absolute atomic E-state index is 5.38. The monoisotopic (exact) mass is 166 g/mol. The van der Waals surface area contributed by atoms with E-state index >= 15 is 0 Å². The Morgan fingerprint density at radius 1 is 1.18 bits per heavy atom. The summed E-state index contributed by atoms with van der Waals surface area (Å²) in [5, 5.41) is 5.38. The van der Waals surface area contributed by atoms with E-state index in [0.717, 1.165) is 4.90 Å². The van der Waals surface area contributed by atoms with Gasteiger partial charge >= 0.3 is 0 Å². The summed E-state index contributed by atoms with van der Waals surface area (Å²) >= 11 is 1.22. The number of hydrogen-bond donors (Lipinski definition) is 2. The molecule has 0 spiro atoms. The summed E-state index contributed by atoms with van der Waals surface area (Å²) in [4.78, 5) is 3.98. The van der Waals surface area contributed by atoms with Crippen molar-refractivity contribution in [2.45, 2.75) is 4.90 Å². The van der Waals surface area contributed by atoms with Gasteiger partial charge in [0.2, 0.25) is 0 Å². The van der Waals surface area contributed by atoms with Crippen molar-refractivity contribution in [2.75, 3.05) is 0 Å². The zero-order valence-electron chi connectivity index (χ0n) is 6.03. The van der Waals surface area contributed by atoms with E-state index in [1.807, 2.05) is 42.7 Å². The lowest BCUT2D eigenvalue weighted by atomic mass is 10.5. The molecule has 0 aliphatic rings. The molecule has 1 heterocycles. The molecule has 0 unspecified atom stereocenters. The minimum atomic E-state index is 1.00. The molecule has 11 heavy (non-hydrogen) atoms. The third-order valence-corrected chi connectivity index (χ3v) is 1.67. The van der Waals surface area contributed by atoms with Crippen LogP contribution in [0.25, 0.3) is 0 Å². The Labute approximate surface area is 70.3 Å². The lowest BCUT2D eigenvalue weighted by Crippen LogP contribution is -1.75. The van der Waals surface area contributed by atoms with Crippen molar-refractivity contribution in [1.82, 2.24) is 4.98 Å². The van der Waals surface area contributed by atoms with Crippen LogP contribution in [0.15, 0.2) is 47.6 Å². The van der Waals surface area contributed by atoms with Crippen molar-refractivity contribution in [2.24, 2.45) is 5.14 Å². The Morgan fingerprint density at radius 2 is 2.00 bits per heavy atom. The van der Waals surface area contributed by atoms with Crippen molar-refractivity contribution >= 4 is 11.9 Å². The first-order chi connectivity index (χ1) is 5.43. The van der Waals surface area contributed by atoms with Crippen LogP contribution in [0.5, 0.6) is 0 Å². The first-order valence-electron chi connectivity index (χ1n) is 3.26. The topological polar surface area (TPSA) is 41.8 Å². The van der Waals surface area contributed by atoms with Gasteiger partial charge in [0.05, 0.1) is 0 Å². The van der Waals surface area contributed by atoms with Crippen LogP contribution in [0.3, 0.4) is 0 Å². The molecule has 1 rings (SSSR count). The molecule has 0 aromatic carbocycles. The average molecular weight is 166 g/mol. The van der Waals surface area contributed by atoms with E-state index in [4.69, 9.17) is 5.14 Å². The molecule has 0 bridgehead atoms. The first-order valence-corrected chi connectivity index (χ1v) is 4.14. The fraction of sp³-hybridized carbons (Fsp3) is 0.